The fourth-order valence-corrected chi connectivity index (χ4v) is 12.0. The number of nitrogens with zero attached hydrogens (tertiary/aromatic N) is 1. The van der Waals surface area contributed by atoms with Crippen molar-refractivity contribution in [1.82, 2.24) is 0 Å². The predicted octanol–water partition coefficient (Wildman–Crippen LogP) is 15.9. The van der Waals surface area contributed by atoms with Gasteiger partial charge in [-0.15, -0.1) is 0 Å². The highest BCUT2D eigenvalue weighted by Crippen LogP contribution is 2.59. The van der Waals surface area contributed by atoms with Crippen LogP contribution in [0.25, 0.3) is 44.2 Å². The molecule has 0 spiro atoms. The molecule has 3 saturated carbocycles. The first kappa shape index (κ1) is 34.8. The molecule has 0 radical (unpaired) electrons. The van der Waals surface area contributed by atoms with Gasteiger partial charge >= 0.3 is 0 Å². The molecule has 0 aliphatic heterocycles. The number of rotatable bonds is 7. The van der Waals surface area contributed by atoms with Crippen LogP contribution in [0.1, 0.15) is 106 Å². The molecule has 282 valence electrons. The lowest BCUT2D eigenvalue weighted by Gasteiger charge is -2.33. The average molecular weight is 740 g/mol. The smallest absolute Gasteiger partial charge is 0.0543 e. The van der Waals surface area contributed by atoms with Crippen LogP contribution in [0.4, 0.5) is 17.1 Å². The van der Waals surface area contributed by atoms with Crippen LogP contribution in [0.5, 0.6) is 0 Å². The molecule has 2 bridgehead atoms. The lowest BCUT2D eigenvalue weighted by molar-refractivity contribution is 0.420. The second-order valence-corrected chi connectivity index (χ2v) is 18.3. The third kappa shape index (κ3) is 5.80. The molecule has 0 aromatic heterocycles. The van der Waals surface area contributed by atoms with Gasteiger partial charge < -0.3 is 4.90 Å². The minimum atomic E-state index is -0.221. The SMILES string of the molecule is CC1(C)c2cccc(-c3ccccc3)c2-c2ccc(N(c3ccc(C4CC5CCC4C5)cc3)c3cccc4cc(C5CCCCC5)ccc34)c(-c3ccccc3)c21. The Morgan fingerprint density at radius 1 is 0.526 bits per heavy atom. The summed E-state index contributed by atoms with van der Waals surface area (Å²) in [5.41, 5.74) is 17.2. The summed E-state index contributed by atoms with van der Waals surface area (Å²) in [5, 5.41) is 2.64. The fourth-order valence-electron chi connectivity index (χ4n) is 12.0. The molecular weight excluding hydrogens is 687 g/mol. The molecule has 1 heteroatoms. The van der Waals surface area contributed by atoms with Crippen LogP contribution < -0.4 is 4.90 Å². The first-order valence-electron chi connectivity index (χ1n) is 21.9. The van der Waals surface area contributed by atoms with E-state index in [9.17, 15) is 0 Å². The van der Waals surface area contributed by atoms with Crippen molar-refractivity contribution in [2.45, 2.75) is 88.9 Å². The first-order chi connectivity index (χ1) is 28.0. The maximum absolute atomic E-state index is 2.60. The van der Waals surface area contributed by atoms with E-state index in [1.54, 1.807) is 0 Å². The van der Waals surface area contributed by atoms with Crippen molar-refractivity contribution in [2.75, 3.05) is 4.90 Å². The lowest BCUT2D eigenvalue weighted by atomic mass is 9.78. The van der Waals surface area contributed by atoms with Gasteiger partial charge in [0.25, 0.3) is 0 Å². The second-order valence-electron chi connectivity index (χ2n) is 18.3. The Hall–Kier alpha value is -5.40. The Morgan fingerprint density at radius 2 is 1.26 bits per heavy atom. The van der Waals surface area contributed by atoms with Gasteiger partial charge in [0.1, 0.15) is 0 Å². The minimum Gasteiger partial charge on any atom is -0.309 e. The molecule has 7 aromatic rings. The zero-order chi connectivity index (χ0) is 38.1. The van der Waals surface area contributed by atoms with Crippen LogP contribution >= 0.6 is 0 Å². The van der Waals surface area contributed by atoms with Gasteiger partial charge in [-0.2, -0.15) is 0 Å². The third-order valence-electron chi connectivity index (χ3n) is 14.7. The summed E-state index contributed by atoms with van der Waals surface area (Å²) < 4.78 is 0. The molecule has 3 unspecified atom stereocenters. The van der Waals surface area contributed by atoms with E-state index in [-0.39, 0.29) is 5.41 Å². The zero-order valence-electron chi connectivity index (χ0n) is 33.6. The van der Waals surface area contributed by atoms with Crippen LogP contribution in [0.15, 0.2) is 152 Å². The standard InChI is InChI=1S/C56H53N/c1-56(2)50-22-13-21-47(39-16-8-4-9-17-39)54(50)48-32-33-52(53(55(48)56)41-18-10-5-11-19-41)57(45-29-26-40(27-30-45)49-35-37-24-25-44(49)34-37)51-23-12-20-43-36-42(28-31-46(43)51)38-14-6-3-7-15-38/h4-5,8-13,16-23,26-33,36-38,44,49H,3,6-7,14-15,24-25,34-35H2,1-2H3. The highest BCUT2D eigenvalue weighted by Gasteiger charge is 2.42. The molecule has 4 aliphatic carbocycles. The summed E-state index contributed by atoms with van der Waals surface area (Å²) in [7, 11) is 0. The van der Waals surface area contributed by atoms with E-state index in [0.29, 0.717) is 11.8 Å². The molecule has 57 heavy (non-hydrogen) atoms. The highest BCUT2D eigenvalue weighted by atomic mass is 15.1. The Labute approximate surface area is 339 Å². The summed E-state index contributed by atoms with van der Waals surface area (Å²) in [4.78, 5) is 2.60. The summed E-state index contributed by atoms with van der Waals surface area (Å²) in [6.07, 6.45) is 12.3. The molecule has 0 amide bonds. The van der Waals surface area contributed by atoms with Gasteiger partial charge in [0.2, 0.25) is 0 Å². The summed E-state index contributed by atoms with van der Waals surface area (Å²) in [5.74, 6) is 3.17. The number of anilines is 3. The van der Waals surface area contributed by atoms with Crippen LogP contribution in [-0.2, 0) is 5.41 Å². The normalized spacial score (nSPS) is 20.8. The van der Waals surface area contributed by atoms with Crippen LogP contribution in [0, 0.1) is 11.8 Å². The lowest BCUT2D eigenvalue weighted by Crippen LogP contribution is -2.19. The predicted molar refractivity (Wildman–Crippen MR) is 241 cm³/mol. The van der Waals surface area contributed by atoms with Crippen molar-refractivity contribution >= 4 is 27.8 Å². The first-order valence-corrected chi connectivity index (χ1v) is 21.9. The Balaban J connectivity index is 1.14. The maximum Gasteiger partial charge on any atom is 0.0543 e. The molecule has 1 nitrogen and oxygen atoms in total. The van der Waals surface area contributed by atoms with Gasteiger partial charge in [0.15, 0.2) is 0 Å². The number of hydrogen-bond donors (Lipinski definition) is 0. The zero-order valence-corrected chi connectivity index (χ0v) is 33.6. The quantitative estimate of drug-likeness (QED) is 0.157. The maximum atomic E-state index is 2.60. The minimum absolute atomic E-state index is 0.221. The van der Waals surface area contributed by atoms with Gasteiger partial charge in [0, 0.05) is 22.1 Å². The molecule has 0 heterocycles. The van der Waals surface area contributed by atoms with E-state index in [2.05, 4.69) is 170 Å². The van der Waals surface area contributed by atoms with Crippen molar-refractivity contribution in [1.29, 1.82) is 0 Å². The second kappa shape index (κ2) is 13.9. The van der Waals surface area contributed by atoms with Gasteiger partial charge in [0.05, 0.1) is 11.4 Å². The van der Waals surface area contributed by atoms with Gasteiger partial charge in [-0.1, -0.05) is 167 Å². The van der Waals surface area contributed by atoms with E-state index in [0.717, 1.165) is 11.8 Å². The van der Waals surface area contributed by atoms with E-state index < -0.39 is 0 Å². The van der Waals surface area contributed by atoms with Crippen molar-refractivity contribution in [3.8, 4) is 33.4 Å². The van der Waals surface area contributed by atoms with E-state index in [1.165, 1.54) is 141 Å². The van der Waals surface area contributed by atoms with E-state index in [1.807, 2.05) is 0 Å². The van der Waals surface area contributed by atoms with Crippen molar-refractivity contribution in [2.24, 2.45) is 11.8 Å². The largest absolute Gasteiger partial charge is 0.309 e. The van der Waals surface area contributed by atoms with E-state index in [4.69, 9.17) is 0 Å². The van der Waals surface area contributed by atoms with Crippen LogP contribution in [0.2, 0.25) is 0 Å². The average Bonchev–Trinajstić information content (AvgIpc) is 3.97. The summed E-state index contributed by atoms with van der Waals surface area (Å²) in [6.45, 7) is 4.89. The Kier molecular flexibility index (Phi) is 8.50. The number of fused-ring (bicyclic) bond motifs is 6. The van der Waals surface area contributed by atoms with E-state index >= 15 is 0 Å². The fraction of sp³-hybridized carbons (Fsp3) is 0.286. The third-order valence-corrected chi connectivity index (χ3v) is 14.7. The monoisotopic (exact) mass is 739 g/mol. The highest BCUT2D eigenvalue weighted by molar-refractivity contribution is 6.05. The Bertz CT molecular complexity index is 2590. The molecule has 7 aromatic carbocycles. The Morgan fingerprint density at radius 3 is 2.00 bits per heavy atom. The molecule has 3 fully saturated rings. The molecule has 11 rings (SSSR count). The van der Waals surface area contributed by atoms with Crippen molar-refractivity contribution in [3.05, 3.63) is 174 Å². The van der Waals surface area contributed by atoms with Crippen LogP contribution in [0.3, 0.4) is 0 Å². The van der Waals surface area contributed by atoms with Crippen LogP contribution in [-0.4, -0.2) is 0 Å². The van der Waals surface area contributed by atoms with Crippen molar-refractivity contribution < 1.29 is 0 Å². The molecule has 3 atom stereocenters. The number of hydrogen-bond acceptors (Lipinski definition) is 1. The molecule has 0 N–H and O–H groups in total. The molecule has 0 saturated heterocycles. The molecule has 4 aliphatic rings. The van der Waals surface area contributed by atoms with Crippen molar-refractivity contribution in [3.63, 3.8) is 0 Å². The van der Waals surface area contributed by atoms with Gasteiger partial charge in [-0.05, 0) is 135 Å². The summed E-state index contributed by atoms with van der Waals surface area (Å²) >= 11 is 0. The molecular formula is C56H53N. The van der Waals surface area contributed by atoms with Gasteiger partial charge in [-0.25, -0.2) is 0 Å². The topological polar surface area (TPSA) is 3.24 Å². The van der Waals surface area contributed by atoms with Gasteiger partial charge in [-0.3, -0.25) is 0 Å². The number of benzene rings is 7. The summed E-state index contributed by atoms with van der Waals surface area (Å²) in [6, 6.07) is 58.2.